The monoisotopic (exact) mass is 342 g/mol. The third-order valence-corrected chi connectivity index (χ3v) is 2.31. The summed E-state index contributed by atoms with van der Waals surface area (Å²) >= 11 is 3.31. The Hall–Kier alpha value is -1.57. The number of aryl methyl sites for hydroxylation is 1. The van der Waals surface area contributed by atoms with Crippen molar-refractivity contribution in [3.63, 3.8) is 0 Å². The molecule has 1 rings (SSSR count). The van der Waals surface area contributed by atoms with Gasteiger partial charge >= 0.3 is 18.1 Å². The summed E-state index contributed by atoms with van der Waals surface area (Å²) in [5.74, 6) is -3.51. The minimum absolute atomic E-state index is 0.196. The lowest BCUT2D eigenvalue weighted by Crippen LogP contribution is -2.21. The molecule has 0 amide bonds. The number of hydrogen-bond acceptors (Lipinski definition) is 2. The van der Waals surface area contributed by atoms with Crippen LogP contribution in [0.3, 0.4) is 0 Å². The first-order valence-electron chi connectivity index (χ1n) is 4.89. The molecule has 0 atom stereocenters. The average molecular weight is 343 g/mol. The third kappa shape index (κ3) is 9.06. The van der Waals surface area contributed by atoms with Crippen LogP contribution in [-0.4, -0.2) is 28.3 Å². The van der Waals surface area contributed by atoms with Gasteiger partial charge in [-0.05, 0) is 24.1 Å². The van der Waals surface area contributed by atoms with Crippen molar-refractivity contribution >= 4 is 27.9 Å². The van der Waals surface area contributed by atoms with E-state index in [9.17, 15) is 18.0 Å². The molecule has 0 saturated heterocycles. The Morgan fingerprint density at radius 3 is 1.84 bits per heavy atom. The van der Waals surface area contributed by atoms with Gasteiger partial charge in [-0.2, -0.15) is 13.2 Å². The SMILES string of the molecule is O=C(O)C(F)(F)F.O=C(O)CCc1ccc(Br)cc1. The van der Waals surface area contributed by atoms with Crippen LogP contribution in [0.25, 0.3) is 0 Å². The van der Waals surface area contributed by atoms with Crippen LogP contribution in [0.2, 0.25) is 0 Å². The Kier molecular flexibility index (Phi) is 7.13. The van der Waals surface area contributed by atoms with E-state index in [1.807, 2.05) is 24.3 Å². The van der Waals surface area contributed by atoms with Gasteiger partial charge in [0.1, 0.15) is 0 Å². The van der Waals surface area contributed by atoms with Crippen molar-refractivity contribution in [1.29, 1.82) is 0 Å². The normalized spacial score (nSPS) is 10.3. The van der Waals surface area contributed by atoms with Crippen LogP contribution in [0.1, 0.15) is 12.0 Å². The van der Waals surface area contributed by atoms with Gasteiger partial charge in [-0.1, -0.05) is 28.1 Å². The van der Waals surface area contributed by atoms with Crippen LogP contribution in [0, 0.1) is 0 Å². The van der Waals surface area contributed by atoms with Crippen molar-refractivity contribution in [2.75, 3.05) is 0 Å². The molecule has 0 unspecified atom stereocenters. The smallest absolute Gasteiger partial charge is 0.481 e. The zero-order chi connectivity index (χ0) is 15.1. The summed E-state index contributed by atoms with van der Waals surface area (Å²) in [6.07, 6.45) is -4.29. The second kappa shape index (κ2) is 7.78. The minimum Gasteiger partial charge on any atom is -0.481 e. The van der Waals surface area contributed by atoms with Crippen molar-refractivity contribution in [2.24, 2.45) is 0 Å². The van der Waals surface area contributed by atoms with Crippen molar-refractivity contribution in [1.82, 2.24) is 0 Å². The number of carboxylic acid groups (broad SMARTS) is 2. The molecule has 0 fully saturated rings. The second-order valence-corrected chi connectivity index (χ2v) is 4.24. The Bertz CT molecular complexity index is 429. The summed E-state index contributed by atoms with van der Waals surface area (Å²) in [7, 11) is 0. The molecule has 106 valence electrons. The van der Waals surface area contributed by atoms with Crippen LogP contribution in [0.4, 0.5) is 13.2 Å². The molecule has 1 aromatic rings. The lowest BCUT2D eigenvalue weighted by atomic mass is 10.1. The van der Waals surface area contributed by atoms with Gasteiger partial charge in [0.05, 0.1) is 0 Å². The predicted molar refractivity (Wildman–Crippen MR) is 63.8 cm³/mol. The maximum Gasteiger partial charge on any atom is 0.490 e. The number of alkyl halides is 3. The summed E-state index contributed by atoms with van der Waals surface area (Å²) in [5, 5.41) is 15.5. The summed E-state index contributed by atoms with van der Waals surface area (Å²) in [6.45, 7) is 0. The first-order valence-corrected chi connectivity index (χ1v) is 5.68. The van der Waals surface area contributed by atoms with Crippen LogP contribution in [0.15, 0.2) is 28.7 Å². The first-order chi connectivity index (χ1) is 8.62. The van der Waals surface area contributed by atoms with Gasteiger partial charge in [0, 0.05) is 10.9 Å². The number of carboxylic acids is 2. The molecule has 0 bridgehead atoms. The second-order valence-electron chi connectivity index (χ2n) is 3.32. The molecule has 0 spiro atoms. The molecule has 0 saturated carbocycles. The van der Waals surface area contributed by atoms with E-state index >= 15 is 0 Å². The fraction of sp³-hybridized carbons (Fsp3) is 0.273. The number of benzene rings is 1. The summed E-state index contributed by atoms with van der Waals surface area (Å²) < 4.78 is 32.8. The summed E-state index contributed by atoms with van der Waals surface area (Å²) in [4.78, 5) is 19.1. The molecule has 4 nitrogen and oxygen atoms in total. The largest absolute Gasteiger partial charge is 0.490 e. The van der Waals surface area contributed by atoms with E-state index in [-0.39, 0.29) is 6.42 Å². The van der Waals surface area contributed by atoms with Crippen molar-refractivity contribution < 1.29 is 33.0 Å². The summed E-state index contributed by atoms with van der Waals surface area (Å²) in [6, 6.07) is 7.68. The molecule has 0 heterocycles. The number of carbonyl (C=O) groups is 2. The standard InChI is InChI=1S/C9H9BrO2.C2HF3O2/c10-8-4-1-7(2-5-8)3-6-9(11)12;3-2(4,5)1(6)7/h1-2,4-5H,3,6H2,(H,11,12);(H,6,7). The molecular weight excluding hydrogens is 333 g/mol. The maximum absolute atomic E-state index is 10.6. The van der Waals surface area contributed by atoms with Crippen molar-refractivity contribution in [3.8, 4) is 0 Å². The zero-order valence-corrected chi connectivity index (χ0v) is 11.0. The molecular formula is C11H10BrF3O4. The van der Waals surface area contributed by atoms with Crippen LogP contribution < -0.4 is 0 Å². The number of aliphatic carboxylic acids is 2. The van der Waals surface area contributed by atoms with Crippen LogP contribution >= 0.6 is 15.9 Å². The fourth-order valence-electron chi connectivity index (χ4n) is 0.902. The van der Waals surface area contributed by atoms with E-state index in [1.54, 1.807) is 0 Å². The van der Waals surface area contributed by atoms with Gasteiger partial charge in [0.2, 0.25) is 0 Å². The van der Waals surface area contributed by atoms with E-state index in [1.165, 1.54) is 0 Å². The number of rotatable bonds is 3. The quantitative estimate of drug-likeness (QED) is 0.885. The minimum atomic E-state index is -5.08. The Morgan fingerprint density at radius 1 is 1.11 bits per heavy atom. The van der Waals surface area contributed by atoms with E-state index in [0.717, 1.165) is 10.0 Å². The highest BCUT2D eigenvalue weighted by Gasteiger charge is 2.38. The topological polar surface area (TPSA) is 74.6 Å². The van der Waals surface area contributed by atoms with Crippen molar-refractivity contribution in [3.05, 3.63) is 34.3 Å². The van der Waals surface area contributed by atoms with Gasteiger partial charge in [-0.15, -0.1) is 0 Å². The first kappa shape index (κ1) is 17.4. The van der Waals surface area contributed by atoms with E-state index in [0.29, 0.717) is 6.42 Å². The van der Waals surface area contributed by atoms with E-state index in [2.05, 4.69) is 15.9 Å². The van der Waals surface area contributed by atoms with Gasteiger partial charge in [-0.25, -0.2) is 4.79 Å². The maximum atomic E-state index is 10.6. The lowest BCUT2D eigenvalue weighted by Gasteiger charge is -1.97. The molecule has 0 aliphatic heterocycles. The highest BCUT2D eigenvalue weighted by molar-refractivity contribution is 9.10. The molecule has 0 aliphatic carbocycles. The van der Waals surface area contributed by atoms with E-state index < -0.39 is 18.1 Å². The number of halogens is 4. The van der Waals surface area contributed by atoms with Crippen LogP contribution in [-0.2, 0) is 16.0 Å². The molecule has 2 N–H and O–H groups in total. The highest BCUT2D eigenvalue weighted by Crippen LogP contribution is 2.13. The van der Waals surface area contributed by atoms with Crippen molar-refractivity contribution in [2.45, 2.75) is 19.0 Å². The Balaban J connectivity index is 0.000000399. The Labute approximate surface area is 115 Å². The van der Waals surface area contributed by atoms with E-state index in [4.69, 9.17) is 15.0 Å². The average Bonchev–Trinajstić information content (AvgIpc) is 2.27. The number of hydrogen-bond donors (Lipinski definition) is 2. The van der Waals surface area contributed by atoms with Gasteiger partial charge < -0.3 is 10.2 Å². The van der Waals surface area contributed by atoms with Gasteiger partial charge in [-0.3, -0.25) is 4.79 Å². The lowest BCUT2D eigenvalue weighted by molar-refractivity contribution is -0.192. The predicted octanol–water partition coefficient (Wildman–Crippen LogP) is 3.10. The highest BCUT2D eigenvalue weighted by atomic mass is 79.9. The Morgan fingerprint density at radius 2 is 1.53 bits per heavy atom. The fourth-order valence-corrected chi connectivity index (χ4v) is 1.17. The van der Waals surface area contributed by atoms with Gasteiger partial charge in [0.25, 0.3) is 0 Å². The zero-order valence-electron chi connectivity index (χ0n) is 9.45. The molecule has 8 heteroatoms. The molecule has 1 aromatic carbocycles. The summed E-state index contributed by atoms with van der Waals surface area (Å²) in [5.41, 5.74) is 1.06. The molecule has 0 aromatic heterocycles. The van der Waals surface area contributed by atoms with Crippen LogP contribution in [0.5, 0.6) is 0 Å². The van der Waals surface area contributed by atoms with Gasteiger partial charge in [0.15, 0.2) is 0 Å². The third-order valence-electron chi connectivity index (χ3n) is 1.78. The molecule has 0 radical (unpaired) electrons. The molecule has 19 heavy (non-hydrogen) atoms. The molecule has 0 aliphatic rings.